The fourth-order valence-electron chi connectivity index (χ4n) is 5.07. The lowest BCUT2D eigenvalue weighted by Gasteiger charge is -2.45. The molecule has 3 aliphatic rings. The summed E-state index contributed by atoms with van der Waals surface area (Å²) in [5.74, 6) is 1.47. The highest BCUT2D eigenvalue weighted by Crippen LogP contribution is 2.44. The van der Waals surface area contributed by atoms with Gasteiger partial charge in [-0.3, -0.25) is 4.79 Å². The molecule has 29 heavy (non-hydrogen) atoms. The van der Waals surface area contributed by atoms with E-state index in [-0.39, 0.29) is 17.4 Å². The van der Waals surface area contributed by atoms with E-state index >= 15 is 0 Å². The van der Waals surface area contributed by atoms with Gasteiger partial charge in [0.2, 0.25) is 5.91 Å². The van der Waals surface area contributed by atoms with Gasteiger partial charge in [-0.15, -0.1) is 0 Å². The number of aromatic nitrogens is 1. The molecule has 0 atom stereocenters. The fraction of sp³-hybridized carbons (Fsp3) is 0.682. The number of amides is 2. The Morgan fingerprint density at radius 3 is 2.76 bits per heavy atom. The van der Waals surface area contributed by atoms with Gasteiger partial charge < -0.3 is 19.9 Å². The largest absolute Gasteiger partial charge is 0.449 e. The molecule has 2 fully saturated rings. The molecular formula is C22H32N4O3. The van der Waals surface area contributed by atoms with Crippen molar-refractivity contribution in [1.29, 1.82) is 0 Å². The quantitative estimate of drug-likeness (QED) is 0.841. The molecule has 1 N–H and O–H groups in total. The summed E-state index contributed by atoms with van der Waals surface area (Å²) in [5, 5.41) is 2.93. The summed E-state index contributed by atoms with van der Waals surface area (Å²) in [4.78, 5) is 33.0. The Balaban J connectivity index is 1.28. The number of hydrogen-bond acceptors (Lipinski definition) is 5. The van der Waals surface area contributed by atoms with Crippen LogP contribution in [-0.2, 0) is 14.9 Å². The number of pyridine rings is 1. The second-order valence-corrected chi connectivity index (χ2v) is 8.75. The van der Waals surface area contributed by atoms with Crippen LogP contribution in [0.15, 0.2) is 18.3 Å². The molecule has 158 valence electrons. The SMILES string of the molecule is CCCOC(=O)N1CCC(CN2CCC3(CC2)CC(=O)Nc2ncccc23)CC1. The Morgan fingerprint density at radius 1 is 1.28 bits per heavy atom. The van der Waals surface area contributed by atoms with E-state index in [9.17, 15) is 9.59 Å². The molecule has 0 unspecified atom stereocenters. The molecule has 7 nitrogen and oxygen atoms in total. The number of anilines is 1. The summed E-state index contributed by atoms with van der Waals surface area (Å²) in [7, 11) is 0. The van der Waals surface area contributed by atoms with Gasteiger partial charge in [0, 0.05) is 43.2 Å². The molecule has 7 heteroatoms. The van der Waals surface area contributed by atoms with Crippen LogP contribution in [0, 0.1) is 5.92 Å². The van der Waals surface area contributed by atoms with E-state index in [1.807, 2.05) is 17.9 Å². The number of carbonyl (C=O) groups excluding carboxylic acids is 2. The minimum atomic E-state index is -0.159. The maximum Gasteiger partial charge on any atom is 0.409 e. The number of fused-ring (bicyclic) bond motifs is 2. The maximum atomic E-state index is 12.2. The third-order valence-electron chi connectivity index (χ3n) is 6.77. The molecule has 2 saturated heterocycles. The van der Waals surface area contributed by atoms with Crippen molar-refractivity contribution in [3.63, 3.8) is 0 Å². The topological polar surface area (TPSA) is 74.8 Å². The van der Waals surface area contributed by atoms with E-state index in [2.05, 4.69) is 21.3 Å². The van der Waals surface area contributed by atoms with Crippen LogP contribution in [0.3, 0.4) is 0 Å². The highest BCUT2D eigenvalue weighted by Gasteiger charge is 2.43. The van der Waals surface area contributed by atoms with Gasteiger partial charge in [0.05, 0.1) is 6.61 Å². The number of piperidine rings is 2. The second kappa shape index (κ2) is 8.69. The summed E-state index contributed by atoms with van der Waals surface area (Å²) in [5.41, 5.74) is 1.15. The van der Waals surface area contributed by atoms with Crippen LogP contribution in [0.2, 0.25) is 0 Å². The van der Waals surface area contributed by atoms with Gasteiger partial charge >= 0.3 is 6.09 Å². The lowest BCUT2D eigenvalue weighted by atomic mass is 9.69. The normalized spacial score (nSPS) is 22.2. The molecule has 1 aromatic heterocycles. The van der Waals surface area contributed by atoms with E-state index in [0.717, 1.165) is 70.6 Å². The number of rotatable bonds is 4. The lowest BCUT2D eigenvalue weighted by Crippen LogP contribution is -2.49. The molecule has 0 aromatic carbocycles. The molecule has 0 aliphatic carbocycles. The van der Waals surface area contributed by atoms with Gasteiger partial charge in [0.15, 0.2) is 0 Å². The zero-order chi connectivity index (χ0) is 20.3. The molecule has 0 saturated carbocycles. The molecule has 1 spiro atoms. The number of nitrogens with zero attached hydrogens (tertiary/aromatic N) is 3. The Bertz CT molecular complexity index is 737. The zero-order valence-corrected chi connectivity index (χ0v) is 17.4. The van der Waals surface area contributed by atoms with Gasteiger partial charge in [-0.1, -0.05) is 13.0 Å². The monoisotopic (exact) mass is 400 g/mol. The third kappa shape index (κ3) is 4.39. The summed E-state index contributed by atoms with van der Waals surface area (Å²) >= 11 is 0. The Labute approximate surface area is 172 Å². The van der Waals surface area contributed by atoms with Crippen molar-refractivity contribution in [2.75, 3.05) is 44.6 Å². The average Bonchev–Trinajstić information content (AvgIpc) is 2.74. The van der Waals surface area contributed by atoms with Gasteiger partial charge in [-0.25, -0.2) is 9.78 Å². The van der Waals surface area contributed by atoms with Crippen molar-refractivity contribution < 1.29 is 14.3 Å². The predicted octanol–water partition coefficient (Wildman–Crippen LogP) is 3.02. The summed E-state index contributed by atoms with van der Waals surface area (Å²) < 4.78 is 5.26. The minimum absolute atomic E-state index is 0.0607. The van der Waals surface area contributed by atoms with Gasteiger partial charge in [-0.2, -0.15) is 0 Å². The maximum absolute atomic E-state index is 12.2. The van der Waals surface area contributed by atoms with Crippen LogP contribution in [0.4, 0.5) is 10.6 Å². The van der Waals surface area contributed by atoms with Crippen LogP contribution in [0.5, 0.6) is 0 Å². The second-order valence-electron chi connectivity index (χ2n) is 8.75. The smallest absolute Gasteiger partial charge is 0.409 e. The average molecular weight is 401 g/mol. The predicted molar refractivity (Wildman–Crippen MR) is 111 cm³/mol. The third-order valence-corrected chi connectivity index (χ3v) is 6.77. The van der Waals surface area contributed by atoms with E-state index in [0.29, 0.717) is 18.9 Å². The van der Waals surface area contributed by atoms with E-state index in [4.69, 9.17) is 4.74 Å². The first-order valence-corrected chi connectivity index (χ1v) is 11.0. The lowest BCUT2D eigenvalue weighted by molar-refractivity contribution is -0.118. The molecule has 1 aromatic rings. The van der Waals surface area contributed by atoms with Gasteiger partial charge in [-0.05, 0) is 57.2 Å². The van der Waals surface area contributed by atoms with Crippen molar-refractivity contribution in [1.82, 2.24) is 14.8 Å². The fourth-order valence-corrected chi connectivity index (χ4v) is 5.07. The summed E-state index contributed by atoms with van der Waals surface area (Å²) in [6.07, 6.45) is 7.10. The molecule has 3 aliphatic heterocycles. The standard InChI is InChI=1S/C22H32N4O3/c1-2-14-29-21(28)26-10-5-17(6-11-26)16-25-12-7-22(8-13-25)15-19(27)24-20-18(22)4-3-9-23-20/h3-4,9,17H,2,5-8,10-16H2,1H3,(H,23,24,27). The zero-order valence-electron chi connectivity index (χ0n) is 17.4. The molecule has 4 heterocycles. The first kappa shape index (κ1) is 20.1. The van der Waals surface area contributed by atoms with Crippen LogP contribution in [0.25, 0.3) is 0 Å². The van der Waals surface area contributed by atoms with Crippen LogP contribution in [0.1, 0.15) is 51.0 Å². The summed E-state index contributed by atoms with van der Waals surface area (Å²) in [6, 6.07) is 4.11. The van der Waals surface area contributed by atoms with Crippen molar-refractivity contribution in [3.05, 3.63) is 23.9 Å². The van der Waals surface area contributed by atoms with Crippen molar-refractivity contribution in [2.24, 2.45) is 5.92 Å². The van der Waals surface area contributed by atoms with Crippen LogP contribution in [-0.4, -0.2) is 66.1 Å². The number of hydrogen-bond donors (Lipinski definition) is 1. The van der Waals surface area contributed by atoms with Crippen LogP contribution >= 0.6 is 0 Å². The first-order valence-electron chi connectivity index (χ1n) is 11.0. The molecular weight excluding hydrogens is 368 g/mol. The Hall–Kier alpha value is -2.15. The number of ether oxygens (including phenoxy) is 1. The van der Waals surface area contributed by atoms with E-state index in [1.165, 1.54) is 5.56 Å². The van der Waals surface area contributed by atoms with Crippen molar-refractivity contribution >= 4 is 17.8 Å². The van der Waals surface area contributed by atoms with Gasteiger partial charge in [0.25, 0.3) is 0 Å². The molecule has 2 amide bonds. The van der Waals surface area contributed by atoms with Gasteiger partial charge in [0.1, 0.15) is 5.82 Å². The molecule has 0 bridgehead atoms. The highest BCUT2D eigenvalue weighted by molar-refractivity contribution is 5.94. The van der Waals surface area contributed by atoms with E-state index in [1.54, 1.807) is 6.20 Å². The Morgan fingerprint density at radius 2 is 2.03 bits per heavy atom. The molecule has 0 radical (unpaired) electrons. The molecule has 4 rings (SSSR count). The number of likely N-dealkylation sites (tertiary alicyclic amines) is 2. The van der Waals surface area contributed by atoms with Crippen molar-refractivity contribution in [2.45, 2.75) is 50.9 Å². The summed E-state index contributed by atoms with van der Waals surface area (Å²) in [6.45, 7) is 7.22. The number of nitrogens with one attached hydrogen (secondary N) is 1. The van der Waals surface area contributed by atoms with Crippen LogP contribution < -0.4 is 5.32 Å². The number of carbonyl (C=O) groups is 2. The Kier molecular flexibility index (Phi) is 6.04. The van der Waals surface area contributed by atoms with Crippen molar-refractivity contribution in [3.8, 4) is 0 Å². The first-order chi connectivity index (χ1) is 14.1. The minimum Gasteiger partial charge on any atom is -0.449 e. The van der Waals surface area contributed by atoms with E-state index < -0.39 is 0 Å². The highest BCUT2D eigenvalue weighted by atomic mass is 16.6.